The number of nitrogens with zero attached hydrogens (tertiary/aromatic N) is 1. The molecule has 0 aliphatic heterocycles. The molecule has 0 fully saturated rings. The number of likely N-dealkylation sites (N-methyl/N-ethyl adjacent to an activating group) is 1. The summed E-state index contributed by atoms with van der Waals surface area (Å²) in [4.78, 5) is 12.3. The molecule has 5 nitrogen and oxygen atoms in total. The first kappa shape index (κ1) is 14.3. The molecule has 2 rings (SSSR count). The minimum absolute atomic E-state index is 0.162. The molecule has 1 amide bonds. The molecule has 0 saturated carbocycles. The third kappa shape index (κ3) is 3.05. The van der Waals surface area contributed by atoms with Crippen LogP contribution in [0.5, 0.6) is 0 Å². The summed E-state index contributed by atoms with van der Waals surface area (Å²) in [5.74, 6) is 0.364. The van der Waals surface area contributed by atoms with E-state index in [2.05, 4.69) is 15.8 Å². The fourth-order valence-corrected chi connectivity index (χ4v) is 1.87. The number of carbonyl (C=O) groups is 1. The Balaban J connectivity index is 2.24. The van der Waals surface area contributed by atoms with Gasteiger partial charge in [0, 0.05) is 18.2 Å². The van der Waals surface area contributed by atoms with E-state index in [1.165, 1.54) is 0 Å². The largest absolute Gasteiger partial charge is 0.360 e. The Kier molecular flexibility index (Phi) is 4.53. The Morgan fingerprint density at radius 3 is 2.70 bits per heavy atom. The number of carbonyl (C=O) groups excluding carboxylic acids is 1. The van der Waals surface area contributed by atoms with Gasteiger partial charge in [0.1, 0.15) is 17.0 Å². The monoisotopic (exact) mass is 273 g/mol. The second-order valence-corrected chi connectivity index (χ2v) is 4.73. The summed E-state index contributed by atoms with van der Waals surface area (Å²) in [5, 5.41) is 9.96. The van der Waals surface area contributed by atoms with Crippen molar-refractivity contribution in [2.24, 2.45) is 0 Å². The predicted molar refractivity (Wildman–Crippen MR) is 77.5 cm³/mol. The molecule has 1 heterocycles. The van der Waals surface area contributed by atoms with Crippen LogP contribution in [0, 0.1) is 6.92 Å². The maximum Gasteiger partial charge on any atom is 0.257 e. The van der Waals surface area contributed by atoms with Crippen LogP contribution < -0.4 is 10.6 Å². The summed E-state index contributed by atoms with van der Waals surface area (Å²) < 4.78 is 5.18. The molecule has 0 bridgehead atoms. The number of nitrogens with one attached hydrogen (secondary N) is 2. The highest BCUT2D eigenvalue weighted by molar-refractivity contribution is 6.00. The molecule has 0 aliphatic rings. The van der Waals surface area contributed by atoms with Gasteiger partial charge in [0.15, 0.2) is 0 Å². The van der Waals surface area contributed by atoms with Crippen LogP contribution in [0.1, 0.15) is 23.0 Å². The van der Waals surface area contributed by atoms with Gasteiger partial charge in [-0.05, 0) is 20.9 Å². The SMILES string of the molecule is CNC(C)CNC(=O)c1c(-c2ccccc2)noc1C. The average molecular weight is 273 g/mol. The van der Waals surface area contributed by atoms with Gasteiger partial charge in [0.2, 0.25) is 0 Å². The van der Waals surface area contributed by atoms with Crippen LogP contribution in [-0.4, -0.2) is 30.7 Å². The maximum absolute atomic E-state index is 12.3. The van der Waals surface area contributed by atoms with Gasteiger partial charge in [-0.2, -0.15) is 0 Å². The minimum Gasteiger partial charge on any atom is -0.360 e. The highest BCUT2D eigenvalue weighted by atomic mass is 16.5. The van der Waals surface area contributed by atoms with Gasteiger partial charge < -0.3 is 15.2 Å². The van der Waals surface area contributed by atoms with Crippen LogP contribution in [0.3, 0.4) is 0 Å². The number of aromatic nitrogens is 1. The summed E-state index contributed by atoms with van der Waals surface area (Å²) in [6.45, 7) is 4.29. The van der Waals surface area contributed by atoms with Gasteiger partial charge in [-0.25, -0.2) is 0 Å². The topological polar surface area (TPSA) is 67.2 Å². The second-order valence-electron chi connectivity index (χ2n) is 4.73. The molecule has 2 N–H and O–H groups in total. The number of hydrogen-bond acceptors (Lipinski definition) is 4. The van der Waals surface area contributed by atoms with E-state index in [0.29, 0.717) is 23.6 Å². The molecule has 1 unspecified atom stereocenters. The van der Waals surface area contributed by atoms with E-state index in [9.17, 15) is 4.79 Å². The summed E-state index contributed by atoms with van der Waals surface area (Å²) in [6.07, 6.45) is 0. The molecular formula is C15H19N3O2. The van der Waals surface area contributed by atoms with Crippen molar-refractivity contribution in [3.8, 4) is 11.3 Å². The first-order valence-corrected chi connectivity index (χ1v) is 6.60. The zero-order valence-corrected chi connectivity index (χ0v) is 11.9. The Morgan fingerprint density at radius 1 is 1.35 bits per heavy atom. The van der Waals surface area contributed by atoms with Crippen molar-refractivity contribution in [2.45, 2.75) is 19.9 Å². The summed E-state index contributed by atoms with van der Waals surface area (Å²) in [7, 11) is 1.86. The number of aryl methyl sites for hydroxylation is 1. The molecule has 0 aliphatic carbocycles. The Hall–Kier alpha value is -2.14. The summed E-state index contributed by atoms with van der Waals surface area (Å²) in [6, 6.07) is 9.76. The van der Waals surface area contributed by atoms with E-state index in [1.807, 2.05) is 44.3 Å². The molecule has 106 valence electrons. The lowest BCUT2D eigenvalue weighted by molar-refractivity contribution is 0.0949. The van der Waals surface area contributed by atoms with Crippen LogP contribution >= 0.6 is 0 Å². The predicted octanol–water partition coefficient (Wildman–Crippen LogP) is 1.99. The lowest BCUT2D eigenvalue weighted by atomic mass is 10.1. The fourth-order valence-electron chi connectivity index (χ4n) is 1.87. The van der Waals surface area contributed by atoms with Gasteiger partial charge in [-0.3, -0.25) is 4.79 Å². The van der Waals surface area contributed by atoms with E-state index in [-0.39, 0.29) is 11.9 Å². The van der Waals surface area contributed by atoms with E-state index in [0.717, 1.165) is 5.56 Å². The van der Waals surface area contributed by atoms with Gasteiger partial charge >= 0.3 is 0 Å². The maximum atomic E-state index is 12.3. The zero-order valence-electron chi connectivity index (χ0n) is 11.9. The Morgan fingerprint density at radius 2 is 2.05 bits per heavy atom. The van der Waals surface area contributed by atoms with Crippen LogP contribution in [-0.2, 0) is 0 Å². The normalized spacial score (nSPS) is 12.2. The second kappa shape index (κ2) is 6.34. The molecule has 1 aromatic carbocycles. The van der Waals surface area contributed by atoms with Crippen LogP contribution in [0.2, 0.25) is 0 Å². The average Bonchev–Trinajstić information content (AvgIpc) is 2.87. The molecule has 0 spiro atoms. The van der Waals surface area contributed by atoms with Crippen molar-refractivity contribution in [3.05, 3.63) is 41.7 Å². The molecular weight excluding hydrogens is 254 g/mol. The molecule has 0 saturated heterocycles. The fraction of sp³-hybridized carbons (Fsp3) is 0.333. The van der Waals surface area contributed by atoms with Crippen molar-refractivity contribution >= 4 is 5.91 Å². The van der Waals surface area contributed by atoms with Crippen molar-refractivity contribution in [1.29, 1.82) is 0 Å². The van der Waals surface area contributed by atoms with Gasteiger partial charge in [0.05, 0.1) is 0 Å². The van der Waals surface area contributed by atoms with Crippen molar-refractivity contribution < 1.29 is 9.32 Å². The van der Waals surface area contributed by atoms with Crippen molar-refractivity contribution in [1.82, 2.24) is 15.8 Å². The highest BCUT2D eigenvalue weighted by Crippen LogP contribution is 2.24. The standard InChI is InChI=1S/C15H19N3O2/c1-10(16-3)9-17-15(19)13-11(2)20-18-14(13)12-7-5-4-6-8-12/h4-8,10,16H,9H2,1-3H3,(H,17,19). The van der Waals surface area contributed by atoms with E-state index < -0.39 is 0 Å². The number of benzene rings is 1. The smallest absolute Gasteiger partial charge is 0.257 e. The van der Waals surface area contributed by atoms with Gasteiger partial charge in [-0.1, -0.05) is 35.5 Å². The highest BCUT2D eigenvalue weighted by Gasteiger charge is 2.21. The lowest BCUT2D eigenvalue weighted by Gasteiger charge is -2.11. The molecule has 0 radical (unpaired) electrons. The molecule has 1 atom stereocenters. The first-order valence-electron chi connectivity index (χ1n) is 6.60. The van der Waals surface area contributed by atoms with E-state index in [4.69, 9.17) is 4.52 Å². The van der Waals surface area contributed by atoms with Crippen LogP contribution in [0.15, 0.2) is 34.9 Å². The molecule has 20 heavy (non-hydrogen) atoms. The minimum atomic E-state index is -0.162. The number of hydrogen-bond donors (Lipinski definition) is 2. The number of rotatable bonds is 5. The first-order chi connectivity index (χ1) is 9.63. The Bertz CT molecular complexity index is 578. The third-order valence-electron chi connectivity index (χ3n) is 3.20. The molecule has 5 heteroatoms. The number of amides is 1. The lowest BCUT2D eigenvalue weighted by Crippen LogP contribution is -2.37. The van der Waals surface area contributed by atoms with Gasteiger partial charge in [0.25, 0.3) is 5.91 Å². The van der Waals surface area contributed by atoms with Crippen LogP contribution in [0.25, 0.3) is 11.3 Å². The van der Waals surface area contributed by atoms with E-state index in [1.54, 1.807) is 6.92 Å². The Labute approximate surface area is 118 Å². The molecule has 1 aromatic heterocycles. The summed E-state index contributed by atoms with van der Waals surface area (Å²) in [5.41, 5.74) is 1.95. The van der Waals surface area contributed by atoms with E-state index >= 15 is 0 Å². The quantitative estimate of drug-likeness (QED) is 0.874. The zero-order chi connectivity index (χ0) is 14.5. The van der Waals surface area contributed by atoms with Crippen LogP contribution in [0.4, 0.5) is 0 Å². The molecule has 2 aromatic rings. The van der Waals surface area contributed by atoms with Crippen molar-refractivity contribution in [3.63, 3.8) is 0 Å². The third-order valence-corrected chi connectivity index (χ3v) is 3.20. The van der Waals surface area contributed by atoms with Crippen molar-refractivity contribution in [2.75, 3.05) is 13.6 Å². The van der Waals surface area contributed by atoms with Gasteiger partial charge in [-0.15, -0.1) is 0 Å². The summed E-state index contributed by atoms with van der Waals surface area (Å²) >= 11 is 0.